The van der Waals surface area contributed by atoms with Crippen molar-refractivity contribution in [3.63, 3.8) is 0 Å². The second-order valence-corrected chi connectivity index (χ2v) is 9.05. The van der Waals surface area contributed by atoms with Gasteiger partial charge in [0.15, 0.2) is 17.3 Å². The maximum absolute atomic E-state index is 14.7. The fourth-order valence-corrected chi connectivity index (χ4v) is 4.60. The average molecular weight is 531 g/mol. The van der Waals surface area contributed by atoms with Gasteiger partial charge in [0, 0.05) is 36.9 Å². The third-order valence-electron chi connectivity index (χ3n) is 6.07. The summed E-state index contributed by atoms with van der Waals surface area (Å²) in [6.07, 6.45) is 6.23. The lowest BCUT2D eigenvalue weighted by Crippen LogP contribution is -2.48. The van der Waals surface area contributed by atoms with Crippen molar-refractivity contribution in [3.8, 4) is 11.5 Å². The number of nitrogens with zero attached hydrogens (tertiary/aromatic N) is 3. The van der Waals surface area contributed by atoms with E-state index in [9.17, 15) is 9.18 Å². The van der Waals surface area contributed by atoms with Crippen LogP contribution in [0.4, 0.5) is 15.9 Å². The van der Waals surface area contributed by atoms with Crippen LogP contribution in [0.3, 0.4) is 0 Å². The van der Waals surface area contributed by atoms with Crippen molar-refractivity contribution >= 4 is 51.5 Å². The maximum Gasteiger partial charge on any atom is 0.246 e. The highest BCUT2D eigenvalue weighted by Gasteiger charge is 2.31. The van der Waals surface area contributed by atoms with E-state index in [-0.39, 0.29) is 33.8 Å². The summed E-state index contributed by atoms with van der Waals surface area (Å²) in [6.45, 7) is 7.96. The number of nitrogens with one attached hydrogen (secondary N) is 1. The second-order valence-electron chi connectivity index (χ2n) is 8.27. The Labute approximate surface area is 218 Å². The molecule has 0 bridgehead atoms. The normalized spacial score (nSPS) is 17.5. The summed E-state index contributed by atoms with van der Waals surface area (Å²) in [5.74, 6) is 0.558. The molecule has 0 spiro atoms. The monoisotopic (exact) mass is 530 g/mol. The first kappa shape index (κ1) is 25.7. The van der Waals surface area contributed by atoms with Crippen LogP contribution in [0.2, 0.25) is 10.0 Å². The van der Waals surface area contributed by atoms with Crippen LogP contribution in [-0.2, 0) is 4.79 Å². The summed E-state index contributed by atoms with van der Waals surface area (Å²) in [6, 6.07) is 6.43. The minimum atomic E-state index is -0.685. The van der Waals surface area contributed by atoms with Crippen molar-refractivity contribution in [3.05, 3.63) is 71.8 Å². The largest absolute Gasteiger partial charge is 0.493 e. The lowest BCUT2D eigenvalue weighted by atomic mass is 9.96. The van der Waals surface area contributed by atoms with Gasteiger partial charge in [0.1, 0.15) is 18.2 Å². The molecule has 1 aromatic heterocycles. The van der Waals surface area contributed by atoms with Crippen LogP contribution in [0.25, 0.3) is 10.9 Å². The van der Waals surface area contributed by atoms with Crippen LogP contribution in [0.1, 0.15) is 19.3 Å². The number of fused-ring (bicyclic) bond motifs is 1. The van der Waals surface area contributed by atoms with Gasteiger partial charge >= 0.3 is 0 Å². The van der Waals surface area contributed by atoms with Gasteiger partial charge in [-0.05, 0) is 30.7 Å². The Morgan fingerprint density at radius 1 is 1.28 bits per heavy atom. The van der Waals surface area contributed by atoms with Crippen LogP contribution in [0.15, 0.2) is 55.9 Å². The molecule has 1 N–H and O–H groups in total. The Hall–Kier alpha value is -3.36. The lowest BCUT2D eigenvalue weighted by Gasteiger charge is -2.38. The molecular weight excluding hydrogens is 506 g/mol. The number of benzene rings is 2. The summed E-state index contributed by atoms with van der Waals surface area (Å²) < 4.78 is 26.6. The molecule has 0 saturated carbocycles. The molecule has 1 fully saturated rings. The number of hydrogen-bond acceptors (Lipinski definition) is 6. The van der Waals surface area contributed by atoms with Gasteiger partial charge in [-0.25, -0.2) is 14.4 Å². The molecule has 0 radical (unpaired) electrons. The smallest absolute Gasteiger partial charge is 0.246 e. The van der Waals surface area contributed by atoms with Gasteiger partial charge in [0.05, 0.1) is 28.4 Å². The fourth-order valence-electron chi connectivity index (χ4n) is 4.29. The Bertz CT molecular complexity index is 1320. The van der Waals surface area contributed by atoms with Crippen molar-refractivity contribution in [2.75, 3.05) is 19.0 Å². The molecule has 2 heterocycles. The number of halogens is 3. The summed E-state index contributed by atoms with van der Waals surface area (Å²) in [5.41, 5.74) is 0.697. The van der Waals surface area contributed by atoms with Crippen molar-refractivity contribution in [2.24, 2.45) is 0 Å². The molecule has 0 unspecified atom stereocenters. The predicted molar refractivity (Wildman–Crippen MR) is 140 cm³/mol. The first-order valence-corrected chi connectivity index (χ1v) is 12.1. The Morgan fingerprint density at radius 3 is 2.81 bits per heavy atom. The molecule has 3 aromatic rings. The van der Waals surface area contributed by atoms with Gasteiger partial charge in [-0.3, -0.25) is 4.79 Å². The van der Waals surface area contributed by atoms with Crippen LogP contribution in [0.5, 0.6) is 11.5 Å². The van der Waals surface area contributed by atoms with Gasteiger partial charge in [0.25, 0.3) is 0 Å². The van der Waals surface area contributed by atoms with Crippen molar-refractivity contribution < 1.29 is 18.7 Å². The highest BCUT2D eigenvalue weighted by Crippen LogP contribution is 2.38. The number of amides is 1. The standard InChI is InChI=1S/C26H25Cl2FN4O3/c1-4-6-15-11-16(9-10-33(15)23(34)5-2)36-22-12-17-20(13-21(22)35-3)30-14-31-26(17)32-19-8-7-18(27)24(28)25(19)29/h4-5,7-8,12-16H,1-2,6,9-11H2,3H3,(H,30,31,32)/t15-,16+/m0/s1. The Kier molecular flexibility index (Phi) is 7.96. The SMILES string of the molecule is C=CC[C@H]1C[C@H](Oc2cc3c(Nc4ccc(Cl)c(Cl)c4F)ncnc3cc2OC)CCN1C(=O)C=C. The van der Waals surface area contributed by atoms with Gasteiger partial charge in [-0.15, -0.1) is 6.58 Å². The second kappa shape index (κ2) is 11.1. The van der Waals surface area contributed by atoms with E-state index in [0.717, 1.165) is 0 Å². The summed E-state index contributed by atoms with van der Waals surface area (Å²) >= 11 is 11.9. The molecule has 1 aliphatic heterocycles. The Balaban J connectivity index is 1.65. The quantitative estimate of drug-likeness (QED) is 0.208. The van der Waals surface area contributed by atoms with Gasteiger partial charge in [-0.1, -0.05) is 35.9 Å². The third kappa shape index (κ3) is 5.24. The number of aromatic nitrogens is 2. The summed E-state index contributed by atoms with van der Waals surface area (Å²) in [4.78, 5) is 22.7. The maximum atomic E-state index is 14.7. The van der Waals surface area contributed by atoms with E-state index in [1.807, 2.05) is 0 Å². The van der Waals surface area contributed by atoms with Crippen molar-refractivity contribution in [2.45, 2.75) is 31.4 Å². The number of rotatable bonds is 8. The molecule has 188 valence electrons. The first-order valence-electron chi connectivity index (χ1n) is 11.3. The number of carbonyl (C=O) groups is 1. The molecule has 1 aliphatic rings. The first-order chi connectivity index (χ1) is 17.4. The molecule has 2 atom stereocenters. The van der Waals surface area contributed by atoms with Crippen LogP contribution in [-0.4, -0.2) is 46.6 Å². The Morgan fingerprint density at radius 2 is 2.08 bits per heavy atom. The molecule has 0 aliphatic carbocycles. The minimum Gasteiger partial charge on any atom is -0.493 e. The number of likely N-dealkylation sites (tertiary alicyclic amines) is 1. The summed E-state index contributed by atoms with van der Waals surface area (Å²) in [5, 5.41) is 3.50. The zero-order chi connectivity index (χ0) is 25.8. The number of anilines is 2. The minimum absolute atomic E-state index is 0.0450. The molecule has 4 rings (SSSR count). The van der Waals surface area contributed by atoms with E-state index in [1.54, 1.807) is 30.2 Å². The van der Waals surface area contributed by atoms with Gasteiger partial charge in [-0.2, -0.15) is 0 Å². The van der Waals surface area contributed by atoms with Gasteiger partial charge in [0.2, 0.25) is 5.91 Å². The highest BCUT2D eigenvalue weighted by molar-refractivity contribution is 6.42. The number of methoxy groups -OCH3 is 1. The number of hydrogen-bond donors (Lipinski definition) is 1. The molecule has 7 nitrogen and oxygen atoms in total. The molecule has 1 saturated heterocycles. The third-order valence-corrected chi connectivity index (χ3v) is 6.85. The predicted octanol–water partition coefficient (Wildman–Crippen LogP) is 6.33. The van der Waals surface area contributed by atoms with Crippen molar-refractivity contribution in [1.29, 1.82) is 0 Å². The highest BCUT2D eigenvalue weighted by atomic mass is 35.5. The topological polar surface area (TPSA) is 76.6 Å². The van der Waals surface area contributed by atoms with E-state index in [1.165, 1.54) is 24.5 Å². The van der Waals surface area contributed by atoms with Crippen LogP contribution >= 0.6 is 23.2 Å². The zero-order valence-electron chi connectivity index (χ0n) is 19.6. The number of piperidine rings is 1. The van der Waals surface area contributed by atoms with Crippen molar-refractivity contribution in [1.82, 2.24) is 14.9 Å². The molecule has 1 amide bonds. The van der Waals surface area contributed by atoms with Gasteiger partial charge < -0.3 is 19.7 Å². The van der Waals surface area contributed by atoms with E-state index in [4.69, 9.17) is 32.7 Å². The average Bonchev–Trinajstić information content (AvgIpc) is 2.89. The molecular formula is C26H25Cl2FN4O3. The van der Waals surface area contributed by atoms with E-state index >= 15 is 0 Å². The van der Waals surface area contributed by atoms with Crippen LogP contribution in [0, 0.1) is 5.82 Å². The van der Waals surface area contributed by atoms with E-state index in [0.29, 0.717) is 54.0 Å². The molecule has 10 heteroatoms. The lowest BCUT2D eigenvalue weighted by molar-refractivity contribution is -0.130. The number of carbonyl (C=O) groups excluding carboxylic acids is 1. The van der Waals surface area contributed by atoms with E-state index < -0.39 is 5.82 Å². The van der Waals surface area contributed by atoms with Crippen LogP contribution < -0.4 is 14.8 Å². The zero-order valence-corrected chi connectivity index (χ0v) is 21.2. The summed E-state index contributed by atoms with van der Waals surface area (Å²) in [7, 11) is 1.55. The molecule has 36 heavy (non-hydrogen) atoms. The molecule has 2 aromatic carbocycles. The number of ether oxygens (including phenoxy) is 2. The fraction of sp³-hybridized carbons (Fsp3) is 0.269. The van der Waals surface area contributed by atoms with E-state index in [2.05, 4.69) is 28.4 Å².